The van der Waals surface area contributed by atoms with Crippen LogP contribution in [0.2, 0.25) is 0 Å². The van der Waals surface area contributed by atoms with Gasteiger partial charge < -0.3 is 4.57 Å². The van der Waals surface area contributed by atoms with E-state index in [2.05, 4.69) is 196 Å². The number of benzene rings is 8. The van der Waals surface area contributed by atoms with E-state index < -0.39 is 0 Å². The lowest BCUT2D eigenvalue weighted by molar-refractivity contribution is 0.893. The summed E-state index contributed by atoms with van der Waals surface area (Å²) in [5.41, 5.74) is 8.49. The Kier molecular flexibility index (Phi) is 6.50. The summed E-state index contributed by atoms with van der Waals surface area (Å²) in [5.74, 6) is 1.75. The van der Waals surface area contributed by atoms with Gasteiger partial charge in [-0.25, -0.2) is 0 Å². The van der Waals surface area contributed by atoms with E-state index in [9.17, 15) is 0 Å². The highest BCUT2D eigenvalue weighted by Gasteiger charge is 2.23. The fourth-order valence-corrected chi connectivity index (χ4v) is 10.3. The molecule has 8 aromatic carbocycles. The quantitative estimate of drug-likeness (QED) is 0.180. The van der Waals surface area contributed by atoms with Crippen molar-refractivity contribution in [1.82, 2.24) is 28.7 Å². The summed E-state index contributed by atoms with van der Waals surface area (Å²) in [6.45, 7) is 0. The lowest BCUT2D eigenvalue weighted by Crippen LogP contribution is -2.10. The molecule has 5 aromatic heterocycles. The highest BCUT2D eigenvalue weighted by molar-refractivity contribution is 7.25. The van der Waals surface area contributed by atoms with Crippen LogP contribution in [0.3, 0.4) is 0 Å². The fourth-order valence-electron chi connectivity index (χ4n) is 9.19. The first-order valence-corrected chi connectivity index (χ1v) is 20.3. The molecule has 0 saturated heterocycles. The van der Waals surface area contributed by atoms with Gasteiger partial charge in [0.15, 0.2) is 5.82 Å². The van der Waals surface area contributed by atoms with Gasteiger partial charge in [-0.3, -0.25) is 9.13 Å². The van der Waals surface area contributed by atoms with E-state index in [0.717, 1.165) is 60.4 Å². The molecular formula is C51H30N6S. The highest BCUT2D eigenvalue weighted by atomic mass is 32.1. The molecule has 0 spiro atoms. The molecule has 0 radical (unpaired) electrons. The average molecular weight is 759 g/mol. The van der Waals surface area contributed by atoms with Crippen LogP contribution in [0, 0.1) is 0 Å². The van der Waals surface area contributed by atoms with E-state index in [-0.39, 0.29) is 0 Å². The maximum Gasteiger partial charge on any atom is 0.240 e. The number of fused-ring (bicyclic) bond motifs is 12. The van der Waals surface area contributed by atoms with Crippen molar-refractivity contribution in [3.8, 4) is 29.0 Å². The molecule has 0 aliphatic heterocycles. The van der Waals surface area contributed by atoms with Gasteiger partial charge in [0.25, 0.3) is 0 Å². The smallest absolute Gasteiger partial charge is 0.240 e. The van der Waals surface area contributed by atoms with Gasteiger partial charge in [-0.05, 0) is 60.7 Å². The minimum Gasteiger partial charge on any atom is -0.309 e. The number of hydrogen-bond acceptors (Lipinski definition) is 4. The third-order valence-corrected chi connectivity index (χ3v) is 12.8. The van der Waals surface area contributed by atoms with Crippen LogP contribution < -0.4 is 0 Å². The molecule has 0 aliphatic carbocycles. The molecule has 0 unspecified atom stereocenters. The largest absolute Gasteiger partial charge is 0.309 e. The number of rotatable bonds is 4. The van der Waals surface area contributed by atoms with Gasteiger partial charge in [-0.2, -0.15) is 15.0 Å². The van der Waals surface area contributed by atoms with E-state index in [1.807, 2.05) is 0 Å². The first-order valence-electron chi connectivity index (χ1n) is 19.5. The highest BCUT2D eigenvalue weighted by Crippen LogP contribution is 2.41. The molecule has 270 valence electrons. The van der Waals surface area contributed by atoms with Gasteiger partial charge in [-0.1, -0.05) is 121 Å². The molecule has 0 saturated carbocycles. The van der Waals surface area contributed by atoms with Crippen LogP contribution in [0.1, 0.15) is 0 Å². The number of para-hydroxylation sites is 5. The molecule has 0 atom stereocenters. The summed E-state index contributed by atoms with van der Waals surface area (Å²) in [7, 11) is 0. The van der Waals surface area contributed by atoms with Crippen molar-refractivity contribution in [2.24, 2.45) is 0 Å². The van der Waals surface area contributed by atoms with Crippen molar-refractivity contribution < 1.29 is 0 Å². The summed E-state index contributed by atoms with van der Waals surface area (Å²) in [4.78, 5) is 16.2. The molecule has 13 rings (SSSR count). The third kappa shape index (κ3) is 4.44. The Morgan fingerprint density at radius 3 is 1.40 bits per heavy atom. The van der Waals surface area contributed by atoms with E-state index in [1.165, 1.54) is 36.5 Å². The minimum atomic E-state index is 0.561. The standard InChI is InChI=1S/C51H30N6S/c1-2-14-32(15-3-1)55-41-21-9-6-18-35(41)39-29-40-36-19-7-12-24-44(36)57(46(40)30-45(39)55)51-53-49(31-26-27-38-37-20-8-13-25-47(37)58-48(38)28-31)52-50(54-51)56-42-22-10-4-16-33(42)34-17-5-11-23-43(34)56/h1-30H. The second-order valence-electron chi connectivity index (χ2n) is 14.9. The molecule has 0 N–H and O–H groups in total. The zero-order valence-electron chi connectivity index (χ0n) is 30.9. The third-order valence-electron chi connectivity index (χ3n) is 11.7. The summed E-state index contributed by atoms with van der Waals surface area (Å²) < 4.78 is 9.26. The predicted octanol–water partition coefficient (Wildman–Crippen LogP) is 13.2. The summed E-state index contributed by atoms with van der Waals surface area (Å²) in [6, 6.07) is 64.8. The molecule has 0 fully saturated rings. The van der Waals surface area contributed by atoms with Gasteiger partial charge in [0, 0.05) is 63.7 Å². The van der Waals surface area contributed by atoms with Gasteiger partial charge in [-0.15, -0.1) is 11.3 Å². The Hall–Kier alpha value is -7.61. The van der Waals surface area contributed by atoms with Crippen molar-refractivity contribution in [3.05, 3.63) is 182 Å². The number of hydrogen-bond donors (Lipinski definition) is 0. The van der Waals surface area contributed by atoms with Gasteiger partial charge >= 0.3 is 0 Å². The van der Waals surface area contributed by atoms with Gasteiger partial charge in [0.05, 0.1) is 33.1 Å². The molecule has 5 heterocycles. The van der Waals surface area contributed by atoms with Crippen molar-refractivity contribution in [1.29, 1.82) is 0 Å². The lowest BCUT2D eigenvalue weighted by atomic mass is 10.1. The summed E-state index contributed by atoms with van der Waals surface area (Å²) >= 11 is 1.80. The van der Waals surface area contributed by atoms with Crippen LogP contribution in [0.4, 0.5) is 0 Å². The Morgan fingerprint density at radius 1 is 0.310 bits per heavy atom. The molecule has 0 bridgehead atoms. The van der Waals surface area contributed by atoms with Crippen LogP contribution in [0.15, 0.2) is 182 Å². The number of nitrogens with zero attached hydrogens (tertiary/aromatic N) is 6. The molecule has 0 aliphatic rings. The van der Waals surface area contributed by atoms with Crippen molar-refractivity contribution in [3.63, 3.8) is 0 Å². The van der Waals surface area contributed by atoms with Crippen molar-refractivity contribution in [2.45, 2.75) is 0 Å². The first kappa shape index (κ1) is 31.6. The average Bonchev–Trinajstić information content (AvgIpc) is 4.02. The number of thiophene rings is 1. The van der Waals surface area contributed by atoms with Gasteiger partial charge in [0.1, 0.15) is 0 Å². The van der Waals surface area contributed by atoms with Crippen molar-refractivity contribution in [2.75, 3.05) is 0 Å². The Morgan fingerprint density at radius 2 is 0.776 bits per heavy atom. The normalized spacial score (nSPS) is 12.1. The predicted molar refractivity (Wildman–Crippen MR) is 241 cm³/mol. The van der Waals surface area contributed by atoms with Crippen molar-refractivity contribution >= 4 is 96.9 Å². The Labute approximate surface area is 335 Å². The fraction of sp³-hybridized carbons (Fsp3) is 0. The topological polar surface area (TPSA) is 53.5 Å². The van der Waals surface area contributed by atoms with Crippen LogP contribution in [0.25, 0.3) is 115 Å². The van der Waals surface area contributed by atoms with E-state index in [0.29, 0.717) is 17.7 Å². The zero-order chi connectivity index (χ0) is 37.9. The number of aromatic nitrogens is 6. The zero-order valence-corrected chi connectivity index (χ0v) is 31.7. The Balaban J connectivity index is 1.15. The maximum atomic E-state index is 5.44. The minimum absolute atomic E-state index is 0.561. The molecular weight excluding hydrogens is 729 g/mol. The Bertz CT molecular complexity index is 3760. The molecule has 58 heavy (non-hydrogen) atoms. The second kappa shape index (κ2) is 11.9. The maximum absolute atomic E-state index is 5.44. The molecule has 13 aromatic rings. The van der Waals surface area contributed by atoms with Crippen LogP contribution in [0.5, 0.6) is 0 Å². The molecule has 6 nitrogen and oxygen atoms in total. The van der Waals surface area contributed by atoms with E-state index in [1.54, 1.807) is 11.3 Å². The van der Waals surface area contributed by atoms with Gasteiger partial charge in [0.2, 0.25) is 11.9 Å². The van der Waals surface area contributed by atoms with Crippen LogP contribution in [-0.4, -0.2) is 28.7 Å². The SMILES string of the molecule is c1ccc(-n2c3ccccc3c3cc4c5ccccc5n(-c5nc(-c6ccc7c(c6)sc6ccccc67)nc(-n6c7ccccc7c7ccccc76)n5)c4cc32)cc1. The van der Waals surface area contributed by atoms with Crippen LogP contribution in [-0.2, 0) is 0 Å². The summed E-state index contributed by atoms with van der Waals surface area (Å²) in [6.07, 6.45) is 0. The summed E-state index contributed by atoms with van der Waals surface area (Å²) in [5, 5.41) is 9.51. The van der Waals surface area contributed by atoms with Crippen LogP contribution >= 0.6 is 11.3 Å². The molecule has 0 amide bonds. The van der Waals surface area contributed by atoms with E-state index in [4.69, 9.17) is 15.0 Å². The monoisotopic (exact) mass is 758 g/mol. The molecule has 7 heteroatoms. The first-order chi connectivity index (χ1) is 28.8. The lowest BCUT2D eigenvalue weighted by Gasteiger charge is -2.13. The van der Waals surface area contributed by atoms with E-state index >= 15 is 0 Å². The second-order valence-corrected chi connectivity index (χ2v) is 15.9.